The molecule has 1 fully saturated rings. The Kier molecular flexibility index (Phi) is 6.66. The van der Waals surface area contributed by atoms with Gasteiger partial charge in [0.1, 0.15) is 6.10 Å². The fraction of sp³-hybridized carbons (Fsp3) is 0.478. The maximum atomic E-state index is 6.07. The van der Waals surface area contributed by atoms with Gasteiger partial charge in [-0.25, -0.2) is 0 Å². The van der Waals surface area contributed by atoms with Crippen LogP contribution in [0.3, 0.4) is 0 Å². The zero-order valence-electron chi connectivity index (χ0n) is 15.5. The van der Waals surface area contributed by atoms with Crippen LogP contribution in [0.5, 0.6) is 0 Å². The monoisotopic (exact) mass is 338 g/mol. The molecule has 0 unspecified atom stereocenters. The summed E-state index contributed by atoms with van der Waals surface area (Å²) >= 11 is 0. The molecule has 0 radical (unpaired) electrons. The second-order valence-corrected chi connectivity index (χ2v) is 7.11. The lowest BCUT2D eigenvalue weighted by molar-refractivity contribution is -0.137. The molecular formula is C23H30O2. The summed E-state index contributed by atoms with van der Waals surface area (Å²) in [6.45, 7) is 5.75. The second-order valence-electron chi connectivity index (χ2n) is 7.11. The van der Waals surface area contributed by atoms with Crippen LogP contribution in [-0.4, -0.2) is 19.3 Å². The molecule has 0 N–H and O–H groups in total. The van der Waals surface area contributed by atoms with E-state index in [-0.39, 0.29) is 12.2 Å². The molecule has 134 valence electrons. The fourth-order valence-electron chi connectivity index (χ4n) is 3.34. The first-order chi connectivity index (χ1) is 12.3. The van der Waals surface area contributed by atoms with E-state index in [2.05, 4.69) is 62.4 Å². The molecule has 2 aromatic rings. The van der Waals surface area contributed by atoms with E-state index in [9.17, 15) is 0 Å². The van der Waals surface area contributed by atoms with Crippen LogP contribution in [0.4, 0.5) is 0 Å². The fourth-order valence-corrected chi connectivity index (χ4v) is 3.34. The largest absolute Gasteiger partial charge is 0.373 e. The van der Waals surface area contributed by atoms with Gasteiger partial charge in [0.2, 0.25) is 0 Å². The Balaban J connectivity index is 1.51. The summed E-state index contributed by atoms with van der Waals surface area (Å²) in [6.07, 6.45) is 6.63. The van der Waals surface area contributed by atoms with Crippen molar-refractivity contribution in [1.82, 2.24) is 0 Å². The number of benzene rings is 2. The van der Waals surface area contributed by atoms with Crippen molar-refractivity contribution in [2.75, 3.05) is 13.2 Å². The molecule has 2 atom stereocenters. The van der Waals surface area contributed by atoms with Crippen molar-refractivity contribution >= 4 is 0 Å². The van der Waals surface area contributed by atoms with Crippen LogP contribution < -0.4 is 0 Å². The standard InChI is InChI=1S/C23H30O2/c1-3-4-5-6-7-22-16-25-23(17-24-22)21-14-12-20(13-15-21)19-10-8-18(2)9-11-19/h8-15,22-23H,3-7,16-17H2,1-2H3/t22-,23-/m1/s1. The minimum atomic E-state index is 0.0685. The van der Waals surface area contributed by atoms with E-state index in [0.717, 1.165) is 13.0 Å². The van der Waals surface area contributed by atoms with Crippen LogP contribution in [-0.2, 0) is 9.47 Å². The smallest absolute Gasteiger partial charge is 0.106 e. The summed E-state index contributed by atoms with van der Waals surface area (Å²) in [5.74, 6) is 0. The summed E-state index contributed by atoms with van der Waals surface area (Å²) in [5, 5.41) is 0. The molecular weight excluding hydrogens is 308 g/mol. The normalized spacial score (nSPS) is 20.6. The number of ether oxygens (including phenoxy) is 2. The number of hydrogen-bond donors (Lipinski definition) is 0. The predicted octanol–water partition coefficient (Wildman–Crippen LogP) is 6.09. The van der Waals surface area contributed by atoms with Crippen molar-refractivity contribution in [3.8, 4) is 11.1 Å². The average Bonchev–Trinajstić information content (AvgIpc) is 2.67. The van der Waals surface area contributed by atoms with Crippen LogP contribution in [0.1, 0.15) is 56.3 Å². The molecule has 2 nitrogen and oxygen atoms in total. The highest BCUT2D eigenvalue weighted by molar-refractivity contribution is 5.64. The van der Waals surface area contributed by atoms with Gasteiger partial charge in [0.15, 0.2) is 0 Å². The Morgan fingerprint density at radius 1 is 0.800 bits per heavy atom. The lowest BCUT2D eigenvalue weighted by Gasteiger charge is -2.30. The molecule has 0 bridgehead atoms. The molecule has 1 heterocycles. The molecule has 0 saturated carbocycles. The van der Waals surface area contributed by atoms with E-state index in [1.165, 1.54) is 47.9 Å². The molecule has 0 aliphatic carbocycles. The molecule has 1 aliphatic rings. The van der Waals surface area contributed by atoms with Crippen LogP contribution in [0.2, 0.25) is 0 Å². The van der Waals surface area contributed by atoms with E-state index in [1.807, 2.05) is 0 Å². The van der Waals surface area contributed by atoms with Crippen molar-refractivity contribution in [2.24, 2.45) is 0 Å². The van der Waals surface area contributed by atoms with Gasteiger partial charge in [-0.3, -0.25) is 0 Å². The maximum absolute atomic E-state index is 6.07. The summed E-state index contributed by atoms with van der Waals surface area (Å²) in [4.78, 5) is 0. The van der Waals surface area contributed by atoms with Gasteiger partial charge in [0.05, 0.1) is 19.3 Å². The first-order valence-electron chi connectivity index (χ1n) is 9.66. The first-order valence-corrected chi connectivity index (χ1v) is 9.66. The first kappa shape index (κ1) is 18.2. The van der Waals surface area contributed by atoms with Gasteiger partial charge in [0, 0.05) is 0 Å². The molecule has 0 amide bonds. The lowest BCUT2D eigenvalue weighted by atomic mass is 10.0. The van der Waals surface area contributed by atoms with Gasteiger partial charge in [-0.1, -0.05) is 86.7 Å². The van der Waals surface area contributed by atoms with Crippen LogP contribution >= 0.6 is 0 Å². The summed E-state index contributed by atoms with van der Waals surface area (Å²) in [6, 6.07) is 17.4. The lowest BCUT2D eigenvalue weighted by Crippen LogP contribution is -2.31. The maximum Gasteiger partial charge on any atom is 0.106 e. The second kappa shape index (κ2) is 9.17. The van der Waals surface area contributed by atoms with E-state index in [0.29, 0.717) is 6.61 Å². The van der Waals surface area contributed by atoms with E-state index >= 15 is 0 Å². The third kappa shape index (κ3) is 5.17. The minimum Gasteiger partial charge on any atom is -0.373 e. The molecule has 1 saturated heterocycles. The van der Waals surface area contributed by atoms with Crippen molar-refractivity contribution in [1.29, 1.82) is 0 Å². The van der Waals surface area contributed by atoms with Gasteiger partial charge >= 0.3 is 0 Å². The highest BCUT2D eigenvalue weighted by Crippen LogP contribution is 2.27. The van der Waals surface area contributed by atoms with E-state index in [1.54, 1.807) is 0 Å². The van der Waals surface area contributed by atoms with Crippen LogP contribution in [0.15, 0.2) is 48.5 Å². The van der Waals surface area contributed by atoms with E-state index in [4.69, 9.17) is 9.47 Å². The highest BCUT2D eigenvalue weighted by atomic mass is 16.6. The van der Waals surface area contributed by atoms with Gasteiger partial charge < -0.3 is 9.47 Å². The van der Waals surface area contributed by atoms with Crippen LogP contribution in [0.25, 0.3) is 11.1 Å². The Labute approximate surface area is 152 Å². The number of aryl methyl sites for hydroxylation is 1. The van der Waals surface area contributed by atoms with Crippen molar-refractivity contribution in [3.63, 3.8) is 0 Å². The molecule has 2 heteroatoms. The van der Waals surface area contributed by atoms with Crippen LogP contribution in [0, 0.1) is 6.92 Å². The zero-order valence-corrected chi connectivity index (χ0v) is 15.5. The summed E-state index contributed by atoms with van der Waals surface area (Å²) in [5.41, 5.74) is 5.00. The number of unbranched alkanes of at least 4 members (excludes halogenated alkanes) is 3. The Hall–Kier alpha value is -1.64. The predicted molar refractivity (Wildman–Crippen MR) is 104 cm³/mol. The van der Waals surface area contributed by atoms with Crippen molar-refractivity contribution in [2.45, 2.75) is 58.2 Å². The molecule has 25 heavy (non-hydrogen) atoms. The van der Waals surface area contributed by atoms with Crippen molar-refractivity contribution < 1.29 is 9.47 Å². The van der Waals surface area contributed by atoms with Gasteiger partial charge in [-0.15, -0.1) is 0 Å². The topological polar surface area (TPSA) is 18.5 Å². The summed E-state index contributed by atoms with van der Waals surface area (Å²) in [7, 11) is 0. The van der Waals surface area contributed by atoms with Gasteiger partial charge in [0.25, 0.3) is 0 Å². The van der Waals surface area contributed by atoms with E-state index < -0.39 is 0 Å². The molecule has 1 aliphatic heterocycles. The Bertz CT molecular complexity index is 622. The zero-order chi connectivity index (χ0) is 17.5. The number of hydrogen-bond acceptors (Lipinski definition) is 2. The molecule has 0 aromatic heterocycles. The molecule has 0 spiro atoms. The third-order valence-corrected chi connectivity index (χ3v) is 5.01. The Morgan fingerprint density at radius 2 is 1.48 bits per heavy atom. The quantitative estimate of drug-likeness (QED) is 0.569. The minimum absolute atomic E-state index is 0.0685. The molecule has 2 aromatic carbocycles. The van der Waals surface area contributed by atoms with Gasteiger partial charge in [-0.05, 0) is 30.0 Å². The summed E-state index contributed by atoms with van der Waals surface area (Å²) < 4.78 is 12.1. The number of rotatable bonds is 7. The molecule has 3 rings (SSSR count). The SMILES string of the molecule is CCCCCC[C@@H]1CO[C@@H](c2ccc(-c3ccc(C)cc3)cc2)CO1. The van der Waals surface area contributed by atoms with Crippen molar-refractivity contribution in [3.05, 3.63) is 59.7 Å². The average molecular weight is 338 g/mol. The Morgan fingerprint density at radius 3 is 2.08 bits per heavy atom. The third-order valence-electron chi connectivity index (χ3n) is 5.01. The highest BCUT2D eigenvalue weighted by Gasteiger charge is 2.23. The van der Waals surface area contributed by atoms with Gasteiger partial charge in [-0.2, -0.15) is 0 Å².